The van der Waals surface area contributed by atoms with E-state index in [0.29, 0.717) is 18.7 Å². The third kappa shape index (κ3) is 5.66. The van der Waals surface area contributed by atoms with E-state index in [2.05, 4.69) is 15.9 Å². The largest absolute Gasteiger partial charge is 0.343 e. The third-order valence-electron chi connectivity index (χ3n) is 5.85. The summed E-state index contributed by atoms with van der Waals surface area (Å²) in [7, 11) is 0. The predicted molar refractivity (Wildman–Crippen MR) is 112 cm³/mol. The van der Waals surface area contributed by atoms with Gasteiger partial charge in [0.15, 0.2) is 5.78 Å². The maximum Gasteiger partial charge on any atom is 0.225 e. The van der Waals surface area contributed by atoms with Gasteiger partial charge in [-0.1, -0.05) is 40.9 Å². The predicted octanol–water partition coefficient (Wildman–Crippen LogP) is 4.05. The standard InChI is InChI=1S/C22H29BrN2O3/c23-19-7-5-17(6-8-19)20(26)9-10-21(27)24-15-11-18(12-16-24)22(28)25-13-3-1-2-4-14-25/h5-8,18H,1-4,9-16H2. The molecule has 2 aliphatic heterocycles. The van der Waals surface area contributed by atoms with Gasteiger partial charge in [-0.3, -0.25) is 14.4 Å². The number of carbonyl (C=O) groups is 3. The summed E-state index contributed by atoms with van der Waals surface area (Å²) in [6.07, 6.45) is 6.59. The summed E-state index contributed by atoms with van der Waals surface area (Å²) in [6, 6.07) is 7.22. The van der Waals surface area contributed by atoms with E-state index in [1.807, 2.05) is 21.9 Å². The fraction of sp³-hybridized carbons (Fsp3) is 0.591. The molecule has 3 rings (SSSR count). The number of carbonyl (C=O) groups excluding carboxylic acids is 3. The normalized spacial score (nSPS) is 18.6. The van der Waals surface area contributed by atoms with Crippen LogP contribution >= 0.6 is 15.9 Å². The first kappa shape index (κ1) is 21.0. The van der Waals surface area contributed by atoms with E-state index in [4.69, 9.17) is 0 Å². The Balaban J connectivity index is 1.42. The Morgan fingerprint density at radius 3 is 2.04 bits per heavy atom. The highest BCUT2D eigenvalue weighted by molar-refractivity contribution is 9.10. The maximum atomic E-state index is 12.8. The summed E-state index contributed by atoms with van der Waals surface area (Å²) in [6.45, 7) is 3.01. The molecule has 0 atom stereocenters. The van der Waals surface area contributed by atoms with Crippen molar-refractivity contribution in [2.24, 2.45) is 5.92 Å². The summed E-state index contributed by atoms with van der Waals surface area (Å²) in [5, 5.41) is 0. The molecule has 0 radical (unpaired) electrons. The summed E-state index contributed by atoms with van der Waals surface area (Å²) < 4.78 is 0.928. The fourth-order valence-electron chi connectivity index (χ4n) is 4.08. The van der Waals surface area contributed by atoms with Gasteiger partial charge in [-0.25, -0.2) is 0 Å². The van der Waals surface area contributed by atoms with Crippen molar-refractivity contribution in [3.05, 3.63) is 34.3 Å². The van der Waals surface area contributed by atoms with Crippen LogP contribution in [0.1, 0.15) is 61.7 Å². The average Bonchev–Trinajstić information content (AvgIpc) is 3.01. The zero-order valence-corrected chi connectivity index (χ0v) is 18.0. The van der Waals surface area contributed by atoms with Crippen molar-refractivity contribution in [3.63, 3.8) is 0 Å². The molecule has 2 amide bonds. The molecule has 0 saturated carbocycles. The van der Waals surface area contributed by atoms with Crippen LogP contribution in [-0.4, -0.2) is 53.6 Å². The first-order valence-corrected chi connectivity index (χ1v) is 11.2. The lowest BCUT2D eigenvalue weighted by Gasteiger charge is -2.34. The zero-order chi connectivity index (χ0) is 19.9. The van der Waals surface area contributed by atoms with Crippen molar-refractivity contribution in [2.45, 2.75) is 51.4 Å². The number of rotatable bonds is 5. The van der Waals surface area contributed by atoms with E-state index in [1.54, 1.807) is 12.1 Å². The van der Waals surface area contributed by atoms with Crippen LogP contribution in [0.25, 0.3) is 0 Å². The van der Waals surface area contributed by atoms with E-state index >= 15 is 0 Å². The summed E-state index contributed by atoms with van der Waals surface area (Å²) >= 11 is 3.35. The van der Waals surface area contributed by atoms with Gasteiger partial charge in [0, 0.05) is 55.0 Å². The fourth-order valence-corrected chi connectivity index (χ4v) is 4.35. The van der Waals surface area contributed by atoms with Gasteiger partial charge in [0.1, 0.15) is 0 Å². The van der Waals surface area contributed by atoms with Crippen LogP contribution in [0.5, 0.6) is 0 Å². The third-order valence-corrected chi connectivity index (χ3v) is 6.38. The number of nitrogens with zero attached hydrogens (tertiary/aromatic N) is 2. The molecule has 1 aromatic carbocycles. The van der Waals surface area contributed by atoms with Crippen LogP contribution in [0.15, 0.2) is 28.7 Å². The molecular formula is C22H29BrN2O3. The number of piperidine rings is 1. The molecule has 0 aliphatic carbocycles. The van der Waals surface area contributed by atoms with E-state index in [0.717, 1.165) is 43.2 Å². The Kier molecular flexibility index (Phi) is 7.65. The molecule has 6 heteroatoms. The quantitative estimate of drug-likeness (QED) is 0.638. The molecule has 2 saturated heterocycles. The number of halogens is 1. The molecule has 0 spiro atoms. The number of hydrogen-bond donors (Lipinski definition) is 0. The minimum Gasteiger partial charge on any atom is -0.343 e. The molecule has 2 heterocycles. The molecule has 2 aliphatic rings. The molecule has 1 aromatic rings. The highest BCUT2D eigenvalue weighted by Gasteiger charge is 2.30. The first-order valence-electron chi connectivity index (χ1n) is 10.4. The lowest BCUT2D eigenvalue weighted by atomic mass is 9.94. The van der Waals surface area contributed by atoms with Crippen molar-refractivity contribution in [3.8, 4) is 0 Å². The van der Waals surface area contributed by atoms with E-state index in [1.165, 1.54) is 12.8 Å². The molecule has 0 N–H and O–H groups in total. The van der Waals surface area contributed by atoms with Gasteiger partial charge in [0.25, 0.3) is 0 Å². The number of benzene rings is 1. The second kappa shape index (κ2) is 10.2. The highest BCUT2D eigenvalue weighted by atomic mass is 79.9. The summed E-state index contributed by atoms with van der Waals surface area (Å²) in [5.41, 5.74) is 0.637. The van der Waals surface area contributed by atoms with Crippen molar-refractivity contribution in [2.75, 3.05) is 26.2 Å². The van der Waals surface area contributed by atoms with Crippen molar-refractivity contribution >= 4 is 33.5 Å². The second-order valence-corrected chi connectivity index (χ2v) is 8.74. The van der Waals surface area contributed by atoms with Crippen LogP contribution in [0, 0.1) is 5.92 Å². The van der Waals surface area contributed by atoms with Crippen LogP contribution < -0.4 is 0 Å². The SMILES string of the molecule is O=C(CCC(=O)N1CCC(C(=O)N2CCCCCC2)CC1)c1ccc(Br)cc1. The molecule has 0 unspecified atom stereocenters. The van der Waals surface area contributed by atoms with Crippen LogP contribution in [0.4, 0.5) is 0 Å². The van der Waals surface area contributed by atoms with Gasteiger partial charge in [-0.15, -0.1) is 0 Å². The molecule has 5 nitrogen and oxygen atoms in total. The smallest absolute Gasteiger partial charge is 0.225 e. The zero-order valence-electron chi connectivity index (χ0n) is 16.4. The van der Waals surface area contributed by atoms with E-state index < -0.39 is 0 Å². The van der Waals surface area contributed by atoms with Crippen molar-refractivity contribution in [1.29, 1.82) is 0 Å². The molecule has 0 aromatic heterocycles. The number of amides is 2. The molecule has 152 valence electrons. The lowest BCUT2D eigenvalue weighted by molar-refractivity contribution is -0.140. The summed E-state index contributed by atoms with van der Waals surface area (Å²) in [5.74, 6) is 0.337. The van der Waals surface area contributed by atoms with Gasteiger partial charge in [-0.2, -0.15) is 0 Å². The van der Waals surface area contributed by atoms with Crippen LogP contribution in [0.3, 0.4) is 0 Å². The lowest BCUT2D eigenvalue weighted by Crippen LogP contribution is -2.44. The van der Waals surface area contributed by atoms with Gasteiger partial charge >= 0.3 is 0 Å². The van der Waals surface area contributed by atoms with E-state index in [-0.39, 0.29) is 36.4 Å². The first-order chi connectivity index (χ1) is 13.5. The Bertz CT molecular complexity index is 688. The van der Waals surface area contributed by atoms with Gasteiger partial charge in [0.2, 0.25) is 11.8 Å². The van der Waals surface area contributed by atoms with Crippen LogP contribution in [-0.2, 0) is 9.59 Å². The molecule has 0 bridgehead atoms. The number of hydrogen-bond acceptors (Lipinski definition) is 3. The highest BCUT2D eigenvalue weighted by Crippen LogP contribution is 2.22. The molecule has 28 heavy (non-hydrogen) atoms. The Morgan fingerprint density at radius 2 is 1.43 bits per heavy atom. The maximum absolute atomic E-state index is 12.8. The molecular weight excluding hydrogens is 420 g/mol. The minimum absolute atomic E-state index is 0.00734. The number of likely N-dealkylation sites (tertiary alicyclic amines) is 2. The van der Waals surface area contributed by atoms with Gasteiger partial charge < -0.3 is 9.80 Å². The Labute approximate surface area is 175 Å². The Morgan fingerprint density at radius 1 is 0.821 bits per heavy atom. The summed E-state index contributed by atoms with van der Waals surface area (Å²) in [4.78, 5) is 41.3. The topological polar surface area (TPSA) is 57.7 Å². The monoisotopic (exact) mass is 448 g/mol. The molecule has 2 fully saturated rings. The van der Waals surface area contributed by atoms with Gasteiger partial charge in [0.05, 0.1) is 0 Å². The van der Waals surface area contributed by atoms with Crippen LogP contribution in [0.2, 0.25) is 0 Å². The van der Waals surface area contributed by atoms with Crippen molar-refractivity contribution in [1.82, 2.24) is 9.80 Å². The Hall–Kier alpha value is -1.69. The second-order valence-electron chi connectivity index (χ2n) is 7.82. The van der Waals surface area contributed by atoms with Gasteiger partial charge in [-0.05, 0) is 37.8 Å². The number of ketones is 1. The minimum atomic E-state index is -0.00734. The van der Waals surface area contributed by atoms with E-state index in [9.17, 15) is 14.4 Å². The van der Waals surface area contributed by atoms with Crippen molar-refractivity contribution < 1.29 is 14.4 Å². The number of Topliss-reactive ketones (excluding diaryl/α,β-unsaturated/α-hetero) is 1. The average molecular weight is 449 g/mol.